The molecule has 0 spiro atoms. The van der Waals surface area contributed by atoms with Gasteiger partial charge in [-0.25, -0.2) is 4.98 Å². The van der Waals surface area contributed by atoms with Crippen molar-refractivity contribution in [2.75, 3.05) is 5.32 Å². The van der Waals surface area contributed by atoms with Crippen molar-refractivity contribution in [3.05, 3.63) is 11.6 Å². The summed E-state index contributed by atoms with van der Waals surface area (Å²) in [6.07, 6.45) is 6.93. The number of nitrogens with one attached hydrogen (secondary N) is 2. The van der Waals surface area contributed by atoms with Crippen molar-refractivity contribution in [2.45, 2.75) is 77.4 Å². The molecule has 0 aliphatic heterocycles. The summed E-state index contributed by atoms with van der Waals surface area (Å²) in [4.78, 5) is 40.4. The van der Waals surface area contributed by atoms with Crippen LogP contribution in [0.4, 0.5) is 5.13 Å². The Morgan fingerprint density at radius 3 is 2.59 bits per heavy atom. The molecule has 1 saturated carbocycles. The summed E-state index contributed by atoms with van der Waals surface area (Å²) in [7, 11) is 0. The third-order valence-electron chi connectivity index (χ3n) is 4.54. The average molecular weight is 396 g/mol. The number of esters is 1. The predicted molar refractivity (Wildman–Crippen MR) is 104 cm³/mol. The smallest absolute Gasteiger partial charge is 0.306 e. The third-order valence-corrected chi connectivity index (χ3v) is 5.23. The zero-order valence-corrected chi connectivity index (χ0v) is 16.8. The molecule has 150 valence electrons. The van der Waals surface area contributed by atoms with E-state index in [0.717, 1.165) is 25.7 Å². The predicted octanol–water partition coefficient (Wildman–Crippen LogP) is 3.27. The Balaban J connectivity index is 1.71. The van der Waals surface area contributed by atoms with Crippen LogP contribution < -0.4 is 10.6 Å². The van der Waals surface area contributed by atoms with Crippen LogP contribution >= 0.6 is 11.3 Å². The van der Waals surface area contributed by atoms with Gasteiger partial charge in [0.05, 0.1) is 0 Å². The number of hydrogen-bond donors (Lipinski definition) is 2. The van der Waals surface area contributed by atoms with Crippen molar-refractivity contribution in [1.82, 2.24) is 10.3 Å². The fourth-order valence-electron chi connectivity index (χ4n) is 3.08. The molecule has 2 rings (SSSR count). The first-order valence-corrected chi connectivity index (χ1v) is 10.5. The molecule has 8 heteroatoms. The van der Waals surface area contributed by atoms with Gasteiger partial charge in [0.25, 0.3) is 5.91 Å². The minimum atomic E-state index is -0.788. The van der Waals surface area contributed by atoms with Crippen molar-refractivity contribution in [3.63, 3.8) is 0 Å². The molecule has 0 aromatic carbocycles. The number of carbonyl (C=O) groups is 3. The molecule has 0 bridgehead atoms. The Bertz CT molecular complexity index is 612. The highest BCUT2D eigenvalue weighted by Crippen LogP contribution is 2.18. The second-order valence-electron chi connectivity index (χ2n) is 7.24. The van der Waals surface area contributed by atoms with E-state index >= 15 is 0 Å². The first-order chi connectivity index (χ1) is 13.0. The fourth-order valence-corrected chi connectivity index (χ4v) is 3.63. The summed E-state index contributed by atoms with van der Waals surface area (Å²) in [6.45, 7) is 3.72. The van der Waals surface area contributed by atoms with Crippen LogP contribution in [0.5, 0.6) is 0 Å². The van der Waals surface area contributed by atoms with Crippen LogP contribution in [0.3, 0.4) is 0 Å². The first-order valence-electron chi connectivity index (χ1n) is 9.65. The molecule has 1 heterocycles. The lowest BCUT2D eigenvalue weighted by Crippen LogP contribution is -2.46. The Hall–Kier alpha value is -1.96. The second-order valence-corrected chi connectivity index (χ2v) is 8.13. The summed E-state index contributed by atoms with van der Waals surface area (Å²) < 4.78 is 5.41. The van der Waals surface area contributed by atoms with Crippen LogP contribution in [0.15, 0.2) is 11.6 Å². The van der Waals surface area contributed by atoms with Gasteiger partial charge in [-0.1, -0.05) is 33.1 Å². The number of anilines is 1. The van der Waals surface area contributed by atoms with Gasteiger partial charge < -0.3 is 15.4 Å². The first kappa shape index (κ1) is 21.3. The summed E-state index contributed by atoms with van der Waals surface area (Å²) in [5.41, 5.74) is 0. The number of hydrogen-bond acceptors (Lipinski definition) is 6. The molecule has 27 heavy (non-hydrogen) atoms. The summed E-state index contributed by atoms with van der Waals surface area (Å²) >= 11 is 1.34. The lowest BCUT2D eigenvalue weighted by atomic mass is 9.95. The summed E-state index contributed by atoms with van der Waals surface area (Å²) in [5.74, 6) is -0.958. The molecule has 0 radical (unpaired) electrons. The number of thiazole rings is 1. The molecule has 1 aliphatic carbocycles. The van der Waals surface area contributed by atoms with E-state index in [-0.39, 0.29) is 36.6 Å². The molecular formula is C19H29N3O4S. The third kappa shape index (κ3) is 7.66. The van der Waals surface area contributed by atoms with Crippen LogP contribution in [-0.4, -0.2) is 34.9 Å². The largest absolute Gasteiger partial charge is 0.452 e. The molecule has 1 fully saturated rings. The van der Waals surface area contributed by atoms with Gasteiger partial charge in [0.1, 0.15) is 0 Å². The van der Waals surface area contributed by atoms with E-state index in [1.807, 2.05) is 13.8 Å². The number of nitrogens with zero attached hydrogens (tertiary/aromatic N) is 1. The maximum atomic E-state index is 12.5. The van der Waals surface area contributed by atoms with Gasteiger partial charge in [-0.3, -0.25) is 14.4 Å². The fraction of sp³-hybridized carbons (Fsp3) is 0.684. The van der Waals surface area contributed by atoms with E-state index in [2.05, 4.69) is 15.6 Å². The maximum absolute atomic E-state index is 12.5. The van der Waals surface area contributed by atoms with Gasteiger partial charge in [-0.2, -0.15) is 0 Å². The summed E-state index contributed by atoms with van der Waals surface area (Å²) in [6, 6.07) is 0.181. The molecule has 1 atom stereocenters. The lowest BCUT2D eigenvalue weighted by Gasteiger charge is -2.27. The van der Waals surface area contributed by atoms with Gasteiger partial charge >= 0.3 is 5.97 Å². The molecule has 1 aliphatic rings. The highest BCUT2D eigenvalue weighted by molar-refractivity contribution is 7.13. The van der Waals surface area contributed by atoms with E-state index in [0.29, 0.717) is 11.6 Å². The Morgan fingerprint density at radius 1 is 1.22 bits per heavy atom. The normalized spacial score (nSPS) is 16.0. The van der Waals surface area contributed by atoms with Crippen molar-refractivity contribution in [3.8, 4) is 0 Å². The van der Waals surface area contributed by atoms with Crippen LogP contribution in [0, 0.1) is 5.92 Å². The Morgan fingerprint density at radius 2 is 1.96 bits per heavy atom. The molecule has 2 N–H and O–H groups in total. The molecule has 0 saturated heterocycles. The van der Waals surface area contributed by atoms with Crippen LogP contribution in [-0.2, 0) is 19.1 Å². The number of amides is 2. The molecule has 7 nitrogen and oxygen atoms in total. The van der Waals surface area contributed by atoms with Crippen molar-refractivity contribution < 1.29 is 19.1 Å². The quantitative estimate of drug-likeness (QED) is 0.626. The van der Waals surface area contributed by atoms with E-state index in [1.165, 1.54) is 17.8 Å². The monoisotopic (exact) mass is 395 g/mol. The minimum Gasteiger partial charge on any atom is -0.452 e. The average Bonchev–Trinajstić information content (AvgIpc) is 3.13. The van der Waals surface area contributed by atoms with E-state index in [4.69, 9.17) is 4.74 Å². The molecule has 1 aromatic rings. The number of carbonyl (C=O) groups excluding carboxylic acids is 3. The maximum Gasteiger partial charge on any atom is 0.306 e. The van der Waals surface area contributed by atoms with Crippen LogP contribution in [0.25, 0.3) is 0 Å². The molecule has 0 unspecified atom stereocenters. The van der Waals surface area contributed by atoms with Gasteiger partial charge in [0.2, 0.25) is 5.91 Å². The topological polar surface area (TPSA) is 97.4 Å². The van der Waals surface area contributed by atoms with Crippen LogP contribution in [0.2, 0.25) is 0 Å². The van der Waals surface area contributed by atoms with Gasteiger partial charge in [0, 0.05) is 30.5 Å². The Kier molecular flexibility index (Phi) is 8.71. The number of aromatic nitrogens is 1. The molecular weight excluding hydrogens is 366 g/mol. The van der Waals surface area contributed by atoms with E-state index in [1.54, 1.807) is 11.6 Å². The minimum absolute atomic E-state index is 0.102. The van der Waals surface area contributed by atoms with E-state index < -0.39 is 12.1 Å². The van der Waals surface area contributed by atoms with Crippen LogP contribution in [0.1, 0.15) is 65.2 Å². The SMILES string of the molecule is CC(C)[C@H](OC(=O)CCCC(=O)Nc1nccs1)C(=O)NC1CCCCC1. The van der Waals surface area contributed by atoms with Gasteiger partial charge in [-0.05, 0) is 25.2 Å². The van der Waals surface area contributed by atoms with E-state index in [9.17, 15) is 14.4 Å². The Labute approximate surface area is 164 Å². The summed E-state index contributed by atoms with van der Waals surface area (Å²) in [5, 5.41) is 8.01. The number of ether oxygens (including phenoxy) is 1. The molecule has 2 amide bonds. The van der Waals surface area contributed by atoms with Crippen molar-refractivity contribution in [1.29, 1.82) is 0 Å². The zero-order chi connectivity index (χ0) is 19.6. The lowest BCUT2D eigenvalue weighted by molar-refractivity contribution is -0.159. The highest BCUT2D eigenvalue weighted by Gasteiger charge is 2.28. The highest BCUT2D eigenvalue weighted by atomic mass is 32.1. The second kappa shape index (κ2) is 11.0. The van der Waals surface area contributed by atoms with Gasteiger partial charge in [-0.15, -0.1) is 11.3 Å². The zero-order valence-electron chi connectivity index (χ0n) is 16.0. The van der Waals surface area contributed by atoms with Crippen molar-refractivity contribution >= 4 is 34.3 Å². The standard InChI is InChI=1S/C19H29N3O4S/c1-13(2)17(18(25)21-14-7-4-3-5-8-14)26-16(24)10-6-9-15(23)22-19-20-11-12-27-19/h11-14,17H,3-10H2,1-2H3,(H,21,25)(H,20,22,23)/t17-/m0/s1. The molecule has 1 aromatic heterocycles. The van der Waals surface area contributed by atoms with Gasteiger partial charge in [0.15, 0.2) is 11.2 Å². The van der Waals surface area contributed by atoms with Crippen molar-refractivity contribution in [2.24, 2.45) is 5.92 Å². The number of rotatable bonds is 9.